The van der Waals surface area contributed by atoms with Crippen molar-refractivity contribution < 1.29 is 45.2 Å². The Morgan fingerprint density at radius 3 is 0.696 bits per heavy atom. The topological polar surface area (TPSA) is 152 Å². The minimum absolute atomic E-state index is 0. The monoisotopic (exact) mass is 468 g/mol. The number of hydrogen-bond donors (Lipinski definition) is 8. The third kappa shape index (κ3) is 45.1. The van der Waals surface area contributed by atoms with Crippen LogP contribution in [0.25, 0.3) is 0 Å². The molecule has 0 aromatic carbocycles. The van der Waals surface area contributed by atoms with E-state index in [1.165, 1.54) is 0 Å². The quantitative estimate of drug-likeness (QED) is 0.0922. The van der Waals surface area contributed by atoms with E-state index in [4.69, 9.17) is 22.9 Å². The maximum Gasteiger partial charge on any atom is 2.00 e. The van der Waals surface area contributed by atoms with Gasteiger partial charge in [0.1, 0.15) is 0 Å². The molecule has 148 valence electrons. The molecule has 0 aliphatic heterocycles. The molecule has 0 heterocycles. The van der Waals surface area contributed by atoms with Crippen LogP contribution in [0.4, 0.5) is 0 Å². The minimum atomic E-state index is 0. The van der Waals surface area contributed by atoms with Crippen LogP contribution in [0.1, 0.15) is 0 Å². The molecule has 0 saturated carbocycles. The van der Waals surface area contributed by atoms with Crippen LogP contribution in [0.15, 0.2) is 0 Å². The first-order chi connectivity index (χ1) is 9.83. The van der Waals surface area contributed by atoms with Gasteiger partial charge in [-0.25, -0.2) is 0 Å². The maximum absolute atomic E-state index is 5.27. The zero-order valence-corrected chi connectivity index (χ0v) is 16.9. The molecule has 0 aliphatic carbocycles. The average molecular weight is 470 g/mol. The molecular formula is C12H36Cl2N8Pd. The molecule has 0 amide bonds. The van der Waals surface area contributed by atoms with Crippen molar-refractivity contribution in [1.82, 2.24) is 21.3 Å². The summed E-state index contributed by atoms with van der Waals surface area (Å²) in [6, 6.07) is 0. The van der Waals surface area contributed by atoms with E-state index in [1.54, 1.807) is 0 Å². The maximum atomic E-state index is 5.27. The average Bonchev–Trinajstić information content (AvgIpc) is 2.47. The SMILES string of the molecule is NCCNCCNCCN.NCCNCCNCCN.[Cl-].[Cl-].[Pd+2]. The number of hydrogen-bond acceptors (Lipinski definition) is 8. The predicted octanol–water partition coefficient (Wildman–Crippen LogP) is -9.83. The first-order valence-corrected chi connectivity index (χ1v) is 7.46. The molecular weight excluding hydrogens is 434 g/mol. The fourth-order valence-corrected chi connectivity index (χ4v) is 1.26. The molecule has 0 aromatic rings. The molecule has 0 radical (unpaired) electrons. The van der Waals surface area contributed by atoms with Crippen molar-refractivity contribution >= 4 is 0 Å². The fraction of sp³-hybridized carbons (Fsp3) is 1.00. The largest absolute Gasteiger partial charge is 2.00 e. The molecule has 0 unspecified atom stereocenters. The molecule has 12 N–H and O–H groups in total. The second-order valence-corrected chi connectivity index (χ2v) is 4.15. The third-order valence-corrected chi connectivity index (χ3v) is 2.24. The summed E-state index contributed by atoms with van der Waals surface area (Å²) in [5.41, 5.74) is 21.1. The Kier molecular flexibility index (Phi) is 58.7. The minimum Gasteiger partial charge on any atom is -1.00 e. The number of rotatable bonds is 14. The van der Waals surface area contributed by atoms with Crippen LogP contribution in [0.3, 0.4) is 0 Å². The van der Waals surface area contributed by atoms with Crippen LogP contribution in [0, 0.1) is 0 Å². The van der Waals surface area contributed by atoms with Gasteiger partial charge >= 0.3 is 20.4 Å². The van der Waals surface area contributed by atoms with Gasteiger partial charge in [0, 0.05) is 78.5 Å². The summed E-state index contributed by atoms with van der Waals surface area (Å²) in [6.07, 6.45) is 0. The molecule has 11 heteroatoms. The van der Waals surface area contributed by atoms with Crippen LogP contribution >= 0.6 is 0 Å². The Hall–Kier alpha value is 0.922. The summed E-state index contributed by atoms with van der Waals surface area (Å²) in [7, 11) is 0. The first kappa shape index (κ1) is 35.1. The van der Waals surface area contributed by atoms with Gasteiger partial charge in [0.15, 0.2) is 0 Å². The zero-order valence-electron chi connectivity index (χ0n) is 13.9. The molecule has 8 nitrogen and oxygen atoms in total. The van der Waals surface area contributed by atoms with Crippen molar-refractivity contribution in [1.29, 1.82) is 0 Å². The van der Waals surface area contributed by atoms with Gasteiger partial charge < -0.3 is 69.0 Å². The third-order valence-electron chi connectivity index (χ3n) is 2.24. The first-order valence-electron chi connectivity index (χ1n) is 7.46. The van der Waals surface area contributed by atoms with Crippen molar-refractivity contribution in [3.05, 3.63) is 0 Å². The summed E-state index contributed by atoms with van der Waals surface area (Å²) < 4.78 is 0. The van der Waals surface area contributed by atoms with Gasteiger partial charge in [0.25, 0.3) is 0 Å². The number of nitrogens with one attached hydrogen (secondary N) is 4. The van der Waals surface area contributed by atoms with Gasteiger partial charge in [-0.05, 0) is 0 Å². The van der Waals surface area contributed by atoms with E-state index in [0.29, 0.717) is 26.2 Å². The van der Waals surface area contributed by atoms with E-state index in [9.17, 15) is 0 Å². The molecule has 0 aliphatic rings. The number of halogens is 2. The molecule has 0 bridgehead atoms. The van der Waals surface area contributed by atoms with Crippen LogP contribution in [0.5, 0.6) is 0 Å². The molecule has 0 saturated heterocycles. The Bertz CT molecular complexity index is 131. The second-order valence-electron chi connectivity index (χ2n) is 4.15. The standard InChI is InChI=1S/2C6H18N4.2ClH.Pd/c2*7-1-3-9-5-6-10-4-2-8;;;/h2*9-10H,1-8H2;2*1H;/q;;;;+2/p-2. The van der Waals surface area contributed by atoms with Gasteiger partial charge in [-0.1, -0.05) is 0 Å². The van der Waals surface area contributed by atoms with Crippen LogP contribution in [-0.4, -0.2) is 78.5 Å². The molecule has 23 heavy (non-hydrogen) atoms. The van der Waals surface area contributed by atoms with Gasteiger partial charge in [0.05, 0.1) is 0 Å². The van der Waals surface area contributed by atoms with Crippen molar-refractivity contribution in [3.63, 3.8) is 0 Å². The van der Waals surface area contributed by atoms with Crippen molar-refractivity contribution in [2.75, 3.05) is 78.5 Å². The second kappa shape index (κ2) is 38.5. The van der Waals surface area contributed by atoms with Gasteiger partial charge in [0.2, 0.25) is 0 Å². The predicted molar refractivity (Wildman–Crippen MR) is 87.7 cm³/mol. The Morgan fingerprint density at radius 2 is 0.565 bits per heavy atom. The van der Waals surface area contributed by atoms with E-state index in [0.717, 1.165) is 52.4 Å². The summed E-state index contributed by atoms with van der Waals surface area (Å²) in [5, 5.41) is 12.7. The van der Waals surface area contributed by atoms with Crippen molar-refractivity contribution in [2.45, 2.75) is 0 Å². The summed E-state index contributed by atoms with van der Waals surface area (Å²) >= 11 is 0. The van der Waals surface area contributed by atoms with E-state index < -0.39 is 0 Å². The molecule has 0 atom stereocenters. The van der Waals surface area contributed by atoms with Gasteiger partial charge in [-0.15, -0.1) is 0 Å². The Balaban J connectivity index is -0.0000000831. The van der Waals surface area contributed by atoms with Crippen LogP contribution < -0.4 is 69.0 Å². The van der Waals surface area contributed by atoms with E-state index in [1.807, 2.05) is 0 Å². The fourth-order valence-electron chi connectivity index (χ4n) is 1.26. The van der Waals surface area contributed by atoms with Crippen LogP contribution in [-0.2, 0) is 20.4 Å². The zero-order chi connectivity index (χ0) is 15.3. The van der Waals surface area contributed by atoms with Crippen LogP contribution in [0.2, 0.25) is 0 Å². The van der Waals surface area contributed by atoms with E-state index in [-0.39, 0.29) is 45.2 Å². The molecule has 0 spiro atoms. The summed E-state index contributed by atoms with van der Waals surface area (Å²) in [5.74, 6) is 0. The van der Waals surface area contributed by atoms with Crippen molar-refractivity contribution in [3.8, 4) is 0 Å². The molecule has 0 fully saturated rings. The molecule has 0 rings (SSSR count). The Labute approximate surface area is 167 Å². The normalized spacial score (nSPS) is 8.87. The van der Waals surface area contributed by atoms with Gasteiger partial charge in [-0.2, -0.15) is 0 Å². The summed E-state index contributed by atoms with van der Waals surface area (Å²) in [6.45, 7) is 10.3. The van der Waals surface area contributed by atoms with Gasteiger partial charge in [-0.3, -0.25) is 0 Å². The van der Waals surface area contributed by atoms with E-state index >= 15 is 0 Å². The summed E-state index contributed by atoms with van der Waals surface area (Å²) in [4.78, 5) is 0. The van der Waals surface area contributed by atoms with E-state index in [2.05, 4.69) is 21.3 Å². The smallest absolute Gasteiger partial charge is 1.00 e. The Morgan fingerprint density at radius 1 is 0.391 bits per heavy atom. The molecule has 0 aromatic heterocycles. The number of nitrogens with two attached hydrogens (primary N) is 4. The van der Waals surface area contributed by atoms with Crippen molar-refractivity contribution in [2.24, 2.45) is 22.9 Å².